The maximum Gasteiger partial charge on any atom is 0.269 e. The molecule has 0 aliphatic rings. The van der Waals surface area contributed by atoms with Gasteiger partial charge in [0, 0.05) is 17.2 Å². The molecule has 0 aliphatic carbocycles. The summed E-state index contributed by atoms with van der Waals surface area (Å²) in [4.78, 5) is 10.1. The van der Waals surface area contributed by atoms with Crippen molar-refractivity contribution in [3.8, 4) is 0 Å². The third kappa shape index (κ3) is 3.49. The highest BCUT2D eigenvalue weighted by Crippen LogP contribution is 2.23. The van der Waals surface area contributed by atoms with Gasteiger partial charge in [-0.2, -0.15) is 0 Å². The van der Waals surface area contributed by atoms with Gasteiger partial charge in [0.05, 0.1) is 4.92 Å². The number of aryl methyl sites for hydroxylation is 1. The van der Waals surface area contributed by atoms with Crippen molar-refractivity contribution in [2.45, 2.75) is 19.3 Å². The third-order valence-corrected chi connectivity index (χ3v) is 2.51. The summed E-state index contributed by atoms with van der Waals surface area (Å²) >= 11 is 5.93. The average molecular weight is 229 g/mol. The summed E-state index contributed by atoms with van der Waals surface area (Å²) in [6.07, 6.45) is 2.54. The topological polar surface area (TPSA) is 69.2 Å². The van der Waals surface area contributed by atoms with E-state index < -0.39 is 4.92 Å². The van der Waals surface area contributed by atoms with E-state index in [1.54, 1.807) is 6.07 Å². The number of nitro groups is 1. The summed E-state index contributed by atoms with van der Waals surface area (Å²) in [6.45, 7) is 0.631. The van der Waals surface area contributed by atoms with Gasteiger partial charge in [-0.25, -0.2) is 0 Å². The van der Waals surface area contributed by atoms with Crippen molar-refractivity contribution in [1.82, 2.24) is 0 Å². The number of hydrogen-bond acceptors (Lipinski definition) is 3. The summed E-state index contributed by atoms with van der Waals surface area (Å²) in [7, 11) is 0. The molecule has 0 aromatic heterocycles. The van der Waals surface area contributed by atoms with E-state index in [1.807, 2.05) is 0 Å². The molecule has 0 aliphatic heterocycles. The number of halogens is 1. The number of unbranched alkanes of at least 4 members (excludes halogenated alkanes) is 1. The van der Waals surface area contributed by atoms with Crippen molar-refractivity contribution < 1.29 is 4.92 Å². The Morgan fingerprint density at radius 2 is 2.13 bits per heavy atom. The molecule has 0 radical (unpaired) electrons. The number of benzene rings is 1. The number of non-ortho nitro benzene ring substituents is 1. The fourth-order valence-electron chi connectivity index (χ4n) is 1.33. The molecule has 5 heteroatoms. The van der Waals surface area contributed by atoms with Gasteiger partial charge in [0.15, 0.2) is 0 Å². The summed E-state index contributed by atoms with van der Waals surface area (Å²) in [6, 6.07) is 4.51. The van der Waals surface area contributed by atoms with E-state index in [1.165, 1.54) is 12.1 Å². The molecule has 82 valence electrons. The standard InChI is InChI=1S/C10H13ClN2O2/c11-10-5-4-9(13(14)15)7-8(10)3-1-2-6-12/h4-5,7H,1-3,6,12H2. The minimum absolute atomic E-state index is 0.0853. The molecule has 0 saturated heterocycles. The fourth-order valence-corrected chi connectivity index (χ4v) is 1.54. The predicted molar refractivity (Wildman–Crippen MR) is 60.1 cm³/mol. The van der Waals surface area contributed by atoms with Crippen LogP contribution in [-0.2, 0) is 6.42 Å². The van der Waals surface area contributed by atoms with Gasteiger partial charge in [-0.05, 0) is 37.4 Å². The average Bonchev–Trinajstić information content (AvgIpc) is 2.20. The van der Waals surface area contributed by atoms with Crippen molar-refractivity contribution in [1.29, 1.82) is 0 Å². The number of hydrogen-bond donors (Lipinski definition) is 1. The number of nitrogens with zero attached hydrogens (tertiary/aromatic N) is 1. The summed E-state index contributed by atoms with van der Waals surface area (Å²) < 4.78 is 0. The molecule has 0 unspecified atom stereocenters. The van der Waals surface area contributed by atoms with E-state index in [4.69, 9.17) is 17.3 Å². The Labute approximate surface area is 93.2 Å². The van der Waals surface area contributed by atoms with Crippen LogP contribution < -0.4 is 5.73 Å². The first kappa shape index (κ1) is 11.9. The zero-order valence-electron chi connectivity index (χ0n) is 8.28. The van der Waals surface area contributed by atoms with Crippen molar-refractivity contribution in [3.63, 3.8) is 0 Å². The van der Waals surface area contributed by atoms with E-state index in [0.29, 0.717) is 11.6 Å². The largest absolute Gasteiger partial charge is 0.330 e. The van der Waals surface area contributed by atoms with Gasteiger partial charge < -0.3 is 5.73 Å². The van der Waals surface area contributed by atoms with Crippen molar-refractivity contribution >= 4 is 17.3 Å². The van der Waals surface area contributed by atoms with Gasteiger partial charge in [-0.3, -0.25) is 10.1 Å². The molecular formula is C10H13ClN2O2. The molecule has 1 aromatic carbocycles. The Hall–Kier alpha value is -1.13. The first-order chi connectivity index (χ1) is 7.15. The molecule has 2 N–H and O–H groups in total. The van der Waals surface area contributed by atoms with Crippen LogP contribution in [0.1, 0.15) is 18.4 Å². The third-order valence-electron chi connectivity index (χ3n) is 2.14. The number of nitro benzene ring substituents is 1. The molecule has 0 heterocycles. The van der Waals surface area contributed by atoms with Crippen molar-refractivity contribution in [2.24, 2.45) is 5.73 Å². The zero-order chi connectivity index (χ0) is 11.3. The highest BCUT2D eigenvalue weighted by atomic mass is 35.5. The lowest BCUT2D eigenvalue weighted by atomic mass is 10.1. The summed E-state index contributed by atoms with van der Waals surface area (Å²) in [5.41, 5.74) is 6.27. The van der Waals surface area contributed by atoms with Crippen molar-refractivity contribution in [2.75, 3.05) is 6.54 Å². The number of nitrogens with two attached hydrogens (primary N) is 1. The second-order valence-electron chi connectivity index (χ2n) is 3.28. The normalized spacial score (nSPS) is 10.3. The Morgan fingerprint density at radius 1 is 1.40 bits per heavy atom. The Bertz CT molecular complexity index is 355. The monoisotopic (exact) mass is 228 g/mol. The molecule has 0 saturated carbocycles. The second-order valence-corrected chi connectivity index (χ2v) is 3.69. The molecule has 1 rings (SSSR count). The SMILES string of the molecule is NCCCCc1cc([N+](=O)[O-])ccc1Cl. The van der Waals surface area contributed by atoms with Crippen LogP contribution in [0, 0.1) is 10.1 Å². The van der Waals surface area contributed by atoms with Gasteiger partial charge in [-0.15, -0.1) is 0 Å². The van der Waals surface area contributed by atoms with Gasteiger partial charge in [0.25, 0.3) is 5.69 Å². The van der Waals surface area contributed by atoms with Crippen LogP contribution in [0.15, 0.2) is 18.2 Å². The lowest BCUT2D eigenvalue weighted by Crippen LogP contribution is -1.99. The quantitative estimate of drug-likeness (QED) is 0.478. The summed E-state index contributed by atoms with van der Waals surface area (Å²) in [5, 5.41) is 11.1. The molecule has 4 nitrogen and oxygen atoms in total. The zero-order valence-corrected chi connectivity index (χ0v) is 9.04. The minimum Gasteiger partial charge on any atom is -0.330 e. The fraction of sp³-hybridized carbons (Fsp3) is 0.400. The minimum atomic E-state index is -0.414. The highest BCUT2D eigenvalue weighted by Gasteiger charge is 2.08. The van der Waals surface area contributed by atoms with Crippen molar-refractivity contribution in [3.05, 3.63) is 38.9 Å². The molecule has 0 amide bonds. The van der Waals surface area contributed by atoms with Gasteiger partial charge >= 0.3 is 0 Å². The van der Waals surface area contributed by atoms with E-state index in [9.17, 15) is 10.1 Å². The molecule has 0 atom stereocenters. The van der Waals surface area contributed by atoms with Crippen LogP contribution in [-0.4, -0.2) is 11.5 Å². The smallest absolute Gasteiger partial charge is 0.269 e. The molecule has 1 aromatic rings. The highest BCUT2D eigenvalue weighted by molar-refractivity contribution is 6.31. The molecule has 15 heavy (non-hydrogen) atoms. The van der Waals surface area contributed by atoms with Crippen LogP contribution in [0.2, 0.25) is 5.02 Å². The first-order valence-electron chi connectivity index (χ1n) is 4.78. The maximum atomic E-state index is 10.5. The van der Waals surface area contributed by atoms with Crippen LogP contribution in [0.25, 0.3) is 0 Å². The van der Waals surface area contributed by atoms with E-state index in [2.05, 4.69) is 0 Å². The Kier molecular flexibility index (Phi) is 4.52. The Balaban J connectivity index is 2.76. The van der Waals surface area contributed by atoms with E-state index in [-0.39, 0.29) is 5.69 Å². The molecular weight excluding hydrogens is 216 g/mol. The molecule has 0 spiro atoms. The van der Waals surface area contributed by atoms with Crippen LogP contribution in [0.5, 0.6) is 0 Å². The number of rotatable bonds is 5. The lowest BCUT2D eigenvalue weighted by molar-refractivity contribution is -0.384. The van der Waals surface area contributed by atoms with Gasteiger partial charge in [0.2, 0.25) is 0 Å². The van der Waals surface area contributed by atoms with Crippen LogP contribution in [0.4, 0.5) is 5.69 Å². The molecule has 0 bridgehead atoms. The van der Waals surface area contributed by atoms with E-state index in [0.717, 1.165) is 24.8 Å². The summed E-state index contributed by atoms with van der Waals surface area (Å²) in [5.74, 6) is 0. The lowest BCUT2D eigenvalue weighted by Gasteiger charge is -2.03. The second kappa shape index (κ2) is 5.68. The van der Waals surface area contributed by atoms with Gasteiger partial charge in [-0.1, -0.05) is 11.6 Å². The Morgan fingerprint density at radius 3 is 2.73 bits per heavy atom. The van der Waals surface area contributed by atoms with E-state index >= 15 is 0 Å². The van der Waals surface area contributed by atoms with Crippen LogP contribution in [0.3, 0.4) is 0 Å². The maximum absolute atomic E-state index is 10.5. The van der Waals surface area contributed by atoms with Gasteiger partial charge in [0.1, 0.15) is 0 Å². The first-order valence-corrected chi connectivity index (χ1v) is 5.16. The predicted octanol–water partition coefficient (Wildman–Crippen LogP) is 2.53. The molecule has 0 fully saturated rings. The van der Waals surface area contributed by atoms with Crippen LogP contribution >= 0.6 is 11.6 Å².